The maximum atomic E-state index is 4.32. The van der Waals surface area contributed by atoms with E-state index in [9.17, 15) is 0 Å². The van der Waals surface area contributed by atoms with Gasteiger partial charge in [-0.1, -0.05) is 0 Å². The Bertz CT molecular complexity index is 691. The van der Waals surface area contributed by atoms with E-state index >= 15 is 0 Å². The van der Waals surface area contributed by atoms with Crippen molar-refractivity contribution in [1.29, 1.82) is 0 Å². The van der Waals surface area contributed by atoms with E-state index < -0.39 is 0 Å². The van der Waals surface area contributed by atoms with Crippen molar-refractivity contribution in [2.75, 3.05) is 30.4 Å². The standard InChI is InChI=1S/C8H9BrN2.C7H7BrN2.I3.HI/c1-11-3-2-6-4-7(9)5-10-8(6)11;8-6-3-5-1-2-9-7(5)10-4-6;1-3-2;/h4-5H,2-3H2,1H3;3-4H,1-2H2,(H,9,10);;1H/q;;-1;. The molecule has 0 saturated carbocycles. The average Bonchev–Trinajstić information content (AvgIpc) is 3.15. The van der Waals surface area contributed by atoms with Crippen LogP contribution in [-0.2, 0) is 12.8 Å². The molecule has 2 aromatic heterocycles. The summed E-state index contributed by atoms with van der Waals surface area (Å²) >= 11 is 12.1. The monoisotopic (exact) mass is 919 g/mol. The van der Waals surface area contributed by atoms with Crippen molar-refractivity contribution in [2.45, 2.75) is 12.8 Å². The maximum absolute atomic E-state index is 4.32. The summed E-state index contributed by atoms with van der Waals surface area (Å²) < 4.78 is 2.14. The van der Waals surface area contributed by atoms with Gasteiger partial charge >= 0.3 is 50.5 Å². The second-order valence-corrected chi connectivity index (χ2v) is 23.3. The van der Waals surface area contributed by atoms with Crippen molar-refractivity contribution in [3.63, 3.8) is 0 Å². The van der Waals surface area contributed by atoms with Crippen LogP contribution in [0.4, 0.5) is 11.6 Å². The van der Waals surface area contributed by atoms with E-state index in [2.05, 4.69) is 108 Å². The fourth-order valence-corrected chi connectivity index (χ4v) is 3.30. The van der Waals surface area contributed by atoms with Crippen LogP contribution in [0, 0.1) is 0 Å². The van der Waals surface area contributed by atoms with Crippen LogP contribution in [0.15, 0.2) is 33.5 Å². The van der Waals surface area contributed by atoms with E-state index in [1.807, 2.05) is 12.4 Å². The predicted octanol–water partition coefficient (Wildman–Crippen LogP) is 3.04. The molecule has 4 nitrogen and oxygen atoms in total. The van der Waals surface area contributed by atoms with Crippen LogP contribution in [0.25, 0.3) is 0 Å². The van der Waals surface area contributed by atoms with Gasteiger partial charge in [-0.25, -0.2) is 9.97 Å². The second-order valence-electron chi connectivity index (χ2n) is 5.20. The van der Waals surface area contributed by atoms with Crippen molar-refractivity contribution >= 4 is 105 Å². The fourth-order valence-electron chi connectivity index (χ4n) is 2.54. The zero-order chi connectivity index (χ0) is 17.5. The van der Waals surface area contributed by atoms with Crippen LogP contribution >= 0.6 is 93.1 Å². The molecule has 0 unspecified atom stereocenters. The number of pyridine rings is 2. The minimum absolute atomic E-state index is 0. The van der Waals surface area contributed by atoms with Gasteiger partial charge in [0.05, 0.1) is 0 Å². The van der Waals surface area contributed by atoms with Crippen LogP contribution in [0.3, 0.4) is 0 Å². The first-order valence-electron chi connectivity index (χ1n) is 7.16. The Labute approximate surface area is 212 Å². The summed E-state index contributed by atoms with van der Waals surface area (Å²) in [5, 5.41) is 3.20. The van der Waals surface area contributed by atoms with Gasteiger partial charge in [0.15, 0.2) is 0 Å². The molecule has 140 valence electrons. The molecule has 4 rings (SSSR count). The van der Waals surface area contributed by atoms with E-state index in [1.165, 1.54) is 11.1 Å². The predicted molar refractivity (Wildman–Crippen MR) is 136 cm³/mol. The summed E-state index contributed by atoms with van der Waals surface area (Å²) in [6.45, 7) is 2.12. The van der Waals surface area contributed by atoms with Crippen LogP contribution in [0.2, 0.25) is 0 Å². The van der Waals surface area contributed by atoms with E-state index in [0.29, 0.717) is 13.3 Å². The van der Waals surface area contributed by atoms with Crippen LogP contribution < -0.4 is 23.5 Å². The first-order valence-corrected chi connectivity index (χ1v) is 21.3. The van der Waals surface area contributed by atoms with Gasteiger partial charge in [-0.2, -0.15) is 0 Å². The van der Waals surface area contributed by atoms with Gasteiger partial charge in [-0.15, -0.1) is 24.0 Å². The van der Waals surface area contributed by atoms with Crippen LogP contribution in [0.5, 0.6) is 0 Å². The number of hydrogen-bond acceptors (Lipinski definition) is 4. The second kappa shape index (κ2) is 13.1. The molecule has 0 atom stereocenters. The van der Waals surface area contributed by atoms with E-state index in [1.54, 1.807) is 0 Å². The van der Waals surface area contributed by atoms with Gasteiger partial charge in [0.1, 0.15) is 11.6 Å². The number of aromatic nitrogens is 2. The van der Waals surface area contributed by atoms with Gasteiger partial charge in [0.2, 0.25) is 0 Å². The number of nitrogens with one attached hydrogen (secondary N) is 1. The number of halogens is 6. The molecule has 0 bridgehead atoms. The first kappa shape index (κ1) is 24.8. The molecule has 2 aliphatic rings. The Kier molecular flexibility index (Phi) is 13.0. The molecule has 0 aromatic carbocycles. The molecule has 0 aliphatic carbocycles. The number of rotatable bonds is 0. The van der Waals surface area contributed by atoms with Crippen molar-refractivity contribution < 1.29 is 13.3 Å². The molecule has 2 aliphatic heterocycles. The summed E-state index contributed by atoms with van der Waals surface area (Å²) in [4.78, 5) is 10.7. The topological polar surface area (TPSA) is 41.1 Å². The third-order valence-electron chi connectivity index (χ3n) is 3.61. The van der Waals surface area contributed by atoms with Gasteiger partial charge in [0.25, 0.3) is 0 Å². The summed E-state index contributed by atoms with van der Waals surface area (Å²) in [7, 11) is 2.08. The fraction of sp³-hybridized carbons (Fsp3) is 0.333. The Morgan fingerprint density at radius 1 is 1.08 bits per heavy atom. The first-order chi connectivity index (χ1) is 11.5. The number of likely N-dealkylation sites (N-methyl/N-ethyl adjacent to an activating group) is 1. The molecule has 0 saturated heterocycles. The molecule has 1 N–H and O–H groups in total. The minimum atomic E-state index is 0. The van der Waals surface area contributed by atoms with Crippen molar-refractivity contribution in [2.24, 2.45) is 0 Å². The van der Waals surface area contributed by atoms with Crippen LogP contribution in [0.1, 0.15) is 11.1 Å². The Hall–Kier alpha value is 1.78. The van der Waals surface area contributed by atoms with E-state index in [0.717, 1.165) is 46.5 Å². The molecule has 0 spiro atoms. The Morgan fingerprint density at radius 2 is 1.68 bits per heavy atom. The van der Waals surface area contributed by atoms with Crippen molar-refractivity contribution in [3.05, 3.63) is 44.6 Å². The molecule has 4 heterocycles. The zero-order valence-corrected chi connectivity index (χ0v) is 25.3. The number of anilines is 2. The number of fused-ring (bicyclic) bond motifs is 2. The van der Waals surface area contributed by atoms with Gasteiger partial charge in [-0.05, 0) is 68.0 Å². The summed E-state index contributed by atoms with van der Waals surface area (Å²) in [5.41, 5.74) is 2.66. The molecular formula is C15H17Br2I4N4-. The molecule has 25 heavy (non-hydrogen) atoms. The van der Waals surface area contributed by atoms with Gasteiger partial charge in [0, 0.05) is 41.5 Å². The number of hydrogen-bond donors (Lipinski definition) is 1. The third kappa shape index (κ3) is 7.97. The molecular weight excluding hydrogens is 904 g/mol. The van der Waals surface area contributed by atoms with E-state index in [4.69, 9.17) is 0 Å². The zero-order valence-electron chi connectivity index (χ0n) is 13.3. The normalized spacial score (nSPS) is 13.4. The van der Waals surface area contributed by atoms with Crippen molar-refractivity contribution in [3.8, 4) is 0 Å². The summed E-state index contributed by atoms with van der Waals surface area (Å²) in [6, 6.07) is 4.26. The average molecular weight is 921 g/mol. The van der Waals surface area contributed by atoms with Gasteiger partial charge < -0.3 is 10.2 Å². The third-order valence-corrected chi connectivity index (χ3v) is 4.48. The molecule has 0 radical (unpaired) electrons. The Balaban J connectivity index is 0.000000210. The van der Waals surface area contributed by atoms with Crippen LogP contribution in [-0.4, -0.2) is 30.1 Å². The summed E-state index contributed by atoms with van der Waals surface area (Å²) in [5.74, 6) is 2.18. The number of nitrogens with zero attached hydrogens (tertiary/aromatic N) is 3. The van der Waals surface area contributed by atoms with Crippen molar-refractivity contribution in [1.82, 2.24) is 9.97 Å². The SMILES string of the molecule is Brc1cnc2c(c1)CCN2.CN1CCc2cc(Br)cnc21.I.I[I-]I. The molecule has 10 heteroatoms. The molecule has 0 amide bonds. The quantitative estimate of drug-likeness (QED) is 0.414. The summed E-state index contributed by atoms with van der Waals surface area (Å²) in [6.07, 6.45) is 5.89. The Morgan fingerprint density at radius 3 is 2.36 bits per heavy atom. The van der Waals surface area contributed by atoms with E-state index in [-0.39, 0.29) is 24.0 Å². The molecule has 0 fully saturated rings. The van der Waals surface area contributed by atoms with Gasteiger partial charge in [-0.3, -0.25) is 0 Å². The molecule has 2 aromatic rings.